The minimum atomic E-state index is -1.20. The fraction of sp³-hybridized carbons (Fsp3) is 0.0588. The van der Waals surface area contributed by atoms with E-state index in [-0.39, 0.29) is 5.82 Å². The van der Waals surface area contributed by atoms with Crippen molar-refractivity contribution >= 4 is 11.9 Å². The van der Waals surface area contributed by atoms with Crippen molar-refractivity contribution < 1.29 is 9.90 Å². The molecular weight excluding hydrogens is 306 g/mol. The maximum Gasteiger partial charge on any atom is 0.410 e. The Morgan fingerprint density at radius 1 is 1.25 bits per heavy atom. The predicted molar refractivity (Wildman–Crippen MR) is 87.9 cm³/mol. The first kappa shape index (κ1) is 15.2. The Kier molecular flexibility index (Phi) is 3.95. The minimum Gasteiger partial charge on any atom is -0.465 e. The molecule has 2 N–H and O–H groups in total. The van der Waals surface area contributed by atoms with Crippen LogP contribution in [0, 0.1) is 18.3 Å². The third-order valence-electron chi connectivity index (χ3n) is 3.38. The van der Waals surface area contributed by atoms with E-state index in [0.717, 1.165) is 11.1 Å². The lowest BCUT2D eigenvalue weighted by molar-refractivity contribution is 0.209. The number of nitriles is 1. The number of nitrogens with zero attached hydrogens (tertiary/aromatic N) is 4. The molecule has 3 aromatic rings. The van der Waals surface area contributed by atoms with E-state index >= 15 is 0 Å². The van der Waals surface area contributed by atoms with E-state index in [4.69, 9.17) is 10.4 Å². The molecule has 3 rings (SSSR count). The lowest BCUT2D eigenvalue weighted by Gasteiger charge is -2.07. The Balaban J connectivity index is 2.15. The monoisotopic (exact) mass is 319 g/mol. The van der Waals surface area contributed by atoms with Crippen molar-refractivity contribution in [3.63, 3.8) is 0 Å². The summed E-state index contributed by atoms with van der Waals surface area (Å²) >= 11 is 0. The van der Waals surface area contributed by atoms with Gasteiger partial charge in [-0.25, -0.2) is 14.5 Å². The van der Waals surface area contributed by atoms with E-state index in [1.807, 2.05) is 31.2 Å². The van der Waals surface area contributed by atoms with Crippen molar-refractivity contribution in [3.8, 4) is 23.1 Å². The normalized spacial score (nSPS) is 10.2. The summed E-state index contributed by atoms with van der Waals surface area (Å²) in [7, 11) is 0. The molecule has 0 aliphatic heterocycles. The van der Waals surface area contributed by atoms with Crippen LogP contribution in [0.3, 0.4) is 0 Å². The fourth-order valence-corrected chi connectivity index (χ4v) is 2.26. The second-order valence-electron chi connectivity index (χ2n) is 5.14. The van der Waals surface area contributed by atoms with Gasteiger partial charge in [-0.3, -0.25) is 5.32 Å². The SMILES string of the molecule is Cc1ccc(-c2cc(NC(=O)O)nn2-c2cc(C#N)ccn2)cc1. The molecule has 1 amide bonds. The van der Waals surface area contributed by atoms with E-state index in [0.29, 0.717) is 17.1 Å². The van der Waals surface area contributed by atoms with Crippen molar-refractivity contribution in [2.45, 2.75) is 6.92 Å². The Morgan fingerprint density at radius 3 is 2.67 bits per heavy atom. The van der Waals surface area contributed by atoms with Gasteiger partial charge in [0, 0.05) is 23.9 Å². The number of benzene rings is 1. The highest BCUT2D eigenvalue weighted by Gasteiger charge is 2.14. The molecule has 0 aliphatic carbocycles. The van der Waals surface area contributed by atoms with E-state index in [2.05, 4.69) is 21.5 Å². The van der Waals surface area contributed by atoms with Gasteiger partial charge in [-0.15, -0.1) is 5.10 Å². The molecule has 2 heterocycles. The molecule has 24 heavy (non-hydrogen) atoms. The van der Waals surface area contributed by atoms with E-state index in [1.165, 1.54) is 10.9 Å². The number of amides is 1. The Morgan fingerprint density at radius 2 is 2.00 bits per heavy atom. The van der Waals surface area contributed by atoms with Crippen LogP contribution in [0.25, 0.3) is 17.1 Å². The van der Waals surface area contributed by atoms with Gasteiger partial charge in [-0.1, -0.05) is 29.8 Å². The van der Waals surface area contributed by atoms with Crippen LogP contribution in [0.1, 0.15) is 11.1 Å². The highest BCUT2D eigenvalue weighted by atomic mass is 16.4. The van der Waals surface area contributed by atoms with Gasteiger partial charge in [-0.2, -0.15) is 5.26 Å². The summed E-state index contributed by atoms with van der Waals surface area (Å²) < 4.78 is 1.51. The fourth-order valence-electron chi connectivity index (χ4n) is 2.26. The van der Waals surface area contributed by atoms with Gasteiger partial charge in [0.05, 0.1) is 17.3 Å². The molecule has 1 aromatic carbocycles. The third kappa shape index (κ3) is 3.08. The number of hydrogen-bond acceptors (Lipinski definition) is 4. The average molecular weight is 319 g/mol. The number of carboxylic acid groups (broad SMARTS) is 1. The van der Waals surface area contributed by atoms with Gasteiger partial charge in [0.2, 0.25) is 0 Å². The Labute approximate surface area is 137 Å². The number of hydrogen-bond donors (Lipinski definition) is 2. The summed E-state index contributed by atoms with van der Waals surface area (Å²) in [5.74, 6) is 0.616. The maximum atomic E-state index is 10.9. The summed E-state index contributed by atoms with van der Waals surface area (Å²) in [5.41, 5.74) is 3.08. The van der Waals surface area contributed by atoms with Gasteiger partial charge in [0.1, 0.15) is 0 Å². The second kappa shape index (κ2) is 6.22. The second-order valence-corrected chi connectivity index (χ2v) is 5.14. The van der Waals surface area contributed by atoms with Gasteiger partial charge in [0.25, 0.3) is 0 Å². The number of aromatic nitrogens is 3. The molecule has 0 bridgehead atoms. The summed E-state index contributed by atoms with van der Waals surface area (Å²) in [6.45, 7) is 1.98. The molecule has 0 aliphatic rings. The molecule has 118 valence electrons. The van der Waals surface area contributed by atoms with Crippen LogP contribution < -0.4 is 5.32 Å². The van der Waals surface area contributed by atoms with Gasteiger partial charge >= 0.3 is 6.09 Å². The number of anilines is 1. The van der Waals surface area contributed by atoms with Gasteiger partial charge < -0.3 is 5.11 Å². The average Bonchev–Trinajstić information content (AvgIpc) is 2.98. The quantitative estimate of drug-likeness (QED) is 0.771. The van der Waals surface area contributed by atoms with Crippen LogP contribution in [0.15, 0.2) is 48.7 Å². The van der Waals surface area contributed by atoms with Crippen molar-refractivity contribution in [2.24, 2.45) is 0 Å². The standard InChI is InChI=1S/C17H13N5O2/c1-11-2-4-13(5-3-11)14-9-15(20-17(23)24)21-22(14)16-8-12(10-18)6-7-19-16/h2-9H,1H3,(H,20,21)(H,23,24). The molecule has 0 unspecified atom stereocenters. The highest BCUT2D eigenvalue weighted by molar-refractivity contribution is 5.82. The maximum absolute atomic E-state index is 10.9. The third-order valence-corrected chi connectivity index (χ3v) is 3.38. The highest BCUT2D eigenvalue weighted by Crippen LogP contribution is 2.26. The van der Waals surface area contributed by atoms with Gasteiger partial charge in [-0.05, 0) is 13.0 Å². The number of rotatable bonds is 3. The van der Waals surface area contributed by atoms with Crippen molar-refractivity contribution in [1.29, 1.82) is 5.26 Å². The zero-order valence-electron chi connectivity index (χ0n) is 12.8. The number of aryl methyl sites for hydroxylation is 1. The van der Waals surface area contributed by atoms with Crippen LogP contribution >= 0.6 is 0 Å². The molecule has 0 radical (unpaired) electrons. The van der Waals surface area contributed by atoms with Crippen molar-refractivity contribution in [3.05, 3.63) is 59.8 Å². The van der Waals surface area contributed by atoms with Crippen LogP contribution in [-0.4, -0.2) is 26.0 Å². The van der Waals surface area contributed by atoms with E-state index in [9.17, 15) is 4.79 Å². The smallest absolute Gasteiger partial charge is 0.410 e. The molecule has 0 fully saturated rings. The molecule has 0 saturated carbocycles. The summed E-state index contributed by atoms with van der Waals surface area (Å²) in [6, 6.07) is 14.6. The summed E-state index contributed by atoms with van der Waals surface area (Å²) in [6.07, 6.45) is 0.313. The first-order valence-electron chi connectivity index (χ1n) is 7.10. The summed E-state index contributed by atoms with van der Waals surface area (Å²) in [4.78, 5) is 15.1. The lowest BCUT2D eigenvalue weighted by Crippen LogP contribution is -2.08. The lowest BCUT2D eigenvalue weighted by atomic mass is 10.1. The Bertz CT molecular complexity index is 938. The molecule has 0 atom stereocenters. The Hall–Kier alpha value is -3.66. The largest absolute Gasteiger partial charge is 0.465 e. The molecule has 7 heteroatoms. The molecular formula is C17H13N5O2. The van der Waals surface area contributed by atoms with Crippen LogP contribution in [0.5, 0.6) is 0 Å². The molecule has 0 spiro atoms. The zero-order valence-corrected chi connectivity index (χ0v) is 12.8. The number of nitrogens with one attached hydrogen (secondary N) is 1. The topological polar surface area (TPSA) is 104 Å². The first-order valence-corrected chi connectivity index (χ1v) is 7.10. The molecule has 2 aromatic heterocycles. The molecule has 7 nitrogen and oxygen atoms in total. The predicted octanol–water partition coefficient (Wildman–Crippen LogP) is 3.20. The van der Waals surface area contributed by atoms with Crippen molar-refractivity contribution in [2.75, 3.05) is 5.32 Å². The summed E-state index contributed by atoms with van der Waals surface area (Å²) in [5, 5.41) is 24.4. The van der Waals surface area contributed by atoms with Crippen molar-refractivity contribution in [1.82, 2.24) is 14.8 Å². The minimum absolute atomic E-state index is 0.183. The van der Waals surface area contributed by atoms with Crippen LogP contribution in [0.2, 0.25) is 0 Å². The van der Waals surface area contributed by atoms with Gasteiger partial charge in [0.15, 0.2) is 11.6 Å². The van der Waals surface area contributed by atoms with E-state index in [1.54, 1.807) is 18.2 Å². The van der Waals surface area contributed by atoms with E-state index < -0.39 is 6.09 Å². The van der Waals surface area contributed by atoms with Crippen LogP contribution in [0.4, 0.5) is 10.6 Å². The van der Waals surface area contributed by atoms with Crippen LogP contribution in [-0.2, 0) is 0 Å². The number of pyridine rings is 1. The first-order chi connectivity index (χ1) is 11.6. The molecule has 0 saturated heterocycles. The zero-order chi connectivity index (χ0) is 17.1. The number of carbonyl (C=O) groups is 1.